The van der Waals surface area contributed by atoms with Crippen LogP contribution in [0, 0.1) is 23.7 Å². The van der Waals surface area contributed by atoms with Crippen molar-refractivity contribution in [2.45, 2.75) is 146 Å². The maximum Gasteiger partial charge on any atom is -0.0133 e. The first-order valence-electron chi connectivity index (χ1n) is 18.6. The number of benzene rings is 3. The van der Waals surface area contributed by atoms with Crippen LogP contribution < -0.4 is 0 Å². The van der Waals surface area contributed by atoms with Crippen molar-refractivity contribution in [1.29, 1.82) is 0 Å². The third-order valence-electron chi connectivity index (χ3n) is 9.53. The Hall–Kier alpha value is -2.34. The Morgan fingerprint density at radius 1 is 0.432 bits per heavy atom. The molecule has 6 rings (SSSR count). The van der Waals surface area contributed by atoms with E-state index < -0.39 is 0 Å². The van der Waals surface area contributed by atoms with E-state index in [0.29, 0.717) is 0 Å². The molecule has 0 fully saturated rings. The summed E-state index contributed by atoms with van der Waals surface area (Å²) in [6.07, 6.45) is 10.7. The Morgan fingerprint density at radius 2 is 0.841 bits per heavy atom. The Balaban J connectivity index is 0.000000304. The van der Waals surface area contributed by atoms with Crippen LogP contribution in [-0.4, -0.2) is 0 Å². The summed E-state index contributed by atoms with van der Waals surface area (Å²) in [6, 6.07) is 26.8. The second kappa shape index (κ2) is 22.2. The van der Waals surface area contributed by atoms with Gasteiger partial charge in [-0.3, -0.25) is 0 Å². The summed E-state index contributed by atoms with van der Waals surface area (Å²) in [5.74, 6) is 4.98. The molecule has 3 atom stereocenters. The van der Waals surface area contributed by atoms with Crippen molar-refractivity contribution >= 4 is 0 Å². The summed E-state index contributed by atoms with van der Waals surface area (Å²) < 4.78 is 0. The Kier molecular flexibility index (Phi) is 20.0. The van der Waals surface area contributed by atoms with E-state index in [-0.39, 0.29) is 0 Å². The zero-order chi connectivity index (χ0) is 33.1. The molecule has 3 aromatic carbocycles. The molecular formula is C44H70. The summed E-state index contributed by atoms with van der Waals surface area (Å²) in [5.41, 5.74) is 9.56. The van der Waals surface area contributed by atoms with Gasteiger partial charge in [0.15, 0.2) is 0 Å². The molecule has 0 amide bonds. The van der Waals surface area contributed by atoms with Crippen molar-refractivity contribution in [1.82, 2.24) is 0 Å². The molecule has 0 heterocycles. The zero-order valence-electron chi connectivity index (χ0n) is 31.0. The van der Waals surface area contributed by atoms with E-state index in [0.717, 1.165) is 35.5 Å². The second-order valence-corrected chi connectivity index (χ2v) is 13.0. The molecule has 0 aromatic heterocycles. The fraction of sp³-hybridized carbons (Fsp3) is 0.591. The second-order valence-electron chi connectivity index (χ2n) is 13.0. The van der Waals surface area contributed by atoms with E-state index in [2.05, 4.69) is 114 Å². The lowest BCUT2D eigenvalue weighted by Crippen LogP contribution is -2.18. The first kappa shape index (κ1) is 39.7. The highest BCUT2D eigenvalue weighted by Crippen LogP contribution is 2.38. The van der Waals surface area contributed by atoms with Gasteiger partial charge in [-0.15, -0.1) is 0 Å². The molecule has 0 spiro atoms. The fourth-order valence-corrected chi connectivity index (χ4v) is 7.06. The van der Waals surface area contributed by atoms with Crippen molar-refractivity contribution in [2.75, 3.05) is 0 Å². The average Bonchev–Trinajstić information content (AvgIpc) is 3.52. The largest absolute Gasteiger partial charge is 0.0683 e. The number of aryl methyl sites for hydroxylation is 3. The van der Waals surface area contributed by atoms with Gasteiger partial charge in [0.25, 0.3) is 0 Å². The van der Waals surface area contributed by atoms with Gasteiger partial charge in [0.1, 0.15) is 0 Å². The topological polar surface area (TPSA) is 0 Å². The Morgan fingerprint density at radius 3 is 1.34 bits per heavy atom. The predicted molar refractivity (Wildman–Crippen MR) is 200 cm³/mol. The minimum Gasteiger partial charge on any atom is -0.0683 e. The summed E-state index contributed by atoms with van der Waals surface area (Å²) in [6.45, 7) is 26.0. The lowest BCUT2D eigenvalue weighted by atomic mass is 9.77. The molecule has 0 heteroatoms. The van der Waals surface area contributed by atoms with Gasteiger partial charge in [-0.25, -0.2) is 0 Å². The lowest BCUT2D eigenvalue weighted by molar-refractivity contribution is 0.343. The molecule has 0 aliphatic heterocycles. The van der Waals surface area contributed by atoms with E-state index in [4.69, 9.17) is 0 Å². The molecule has 0 N–H and O–H groups in total. The first-order chi connectivity index (χ1) is 21.3. The molecule has 246 valence electrons. The van der Waals surface area contributed by atoms with Crippen LogP contribution in [0.15, 0.2) is 72.8 Å². The van der Waals surface area contributed by atoms with Crippen LogP contribution in [-0.2, 0) is 25.7 Å². The molecule has 3 aliphatic rings. The normalized spacial score (nSPS) is 19.0. The van der Waals surface area contributed by atoms with E-state index in [1.165, 1.54) is 51.4 Å². The summed E-state index contributed by atoms with van der Waals surface area (Å²) in [5, 5.41) is 0. The molecule has 3 aromatic rings. The van der Waals surface area contributed by atoms with Gasteiger partial charge in [0.2, 0.25) is 0 Å². The van der Waals surface area contributed by atoms with Gasteiger partial charge in [0.05, 0.1) is 0 Å². The summed E-state index contributed by atoms with van der Waals surface area (Å²) in [7, 11) is 0. The van der Waals surface area contributed by atoms with Crippen LogP contribution in [0.2, 0.25) is 0 Å². The van der Waals surface area contributed by atoms with Crippen LogP contribution in [0.4, 0.5) is 0 Å². The van der Waals surface area contributed by atoms with Gasteiger partial charge >= 0.3 is 0 Å². The van der Waals surface area contributed by atoms with Gasteiger partial charge in [-0.2, -0.15) is 0 Å². The maximum atomic E-state index is 2.35. The van der Waals surface area contributed by atoms with Crippen molar-refractivity contribution in [3.63, 3.8) is 0 Å². The predicted octanol–water partition coefficient (Wildman–Crippen LogP) is 13.7. The van der Waals surface area contributed by atoms with Gasteiger partial charge in [-0.1, -0.05) is 156 Å². The van der Waals surface area contributed by atoms with Crippen molar-refractivity contribution in [3.8, 4) is 0 Å². The highest BCUT2D eigenvalue weighted by Gasteiger charge is 2.24. The van der Waals surface area contributed by atoms with Crippen molar-refractivity contribution in [2.24, 2.45) is 23.7 Å². The minimum absolute atomic E-state index is 0.793. The van der Waals surface area contributed by atoms with Crippen LogP contribution in [0.3, 0.4) is 0 Å². The van der Waals surface area contributed by atoms with E-state index in [9.17, 15) is 0 Å². The number of rotatable bonds is 3. The van der Waals surface area contributed by atoms with Gasteiger partial charge in [-0.05, 0) is 120 Å². The Bertz CT molecular complexity index is 1130. The van der Waals surface area contributed by atoms with Crippen molar-refractivity contribution < 1.29 is 0 Å². The molecule has 0 saturated heterocycles. The van der Waals surface area contributed by atoms with E-state index in [1.807, 2.05) is 41.5 Å². The van der Waals surface area contributed by atoms with Crippen LogP contribution in [0.5, 0.6) is 0 Å². The molecule has 0 nitrogen and oxygen atoms in total. The van der Waals surface area contributed by atoms with Crippen LogP contribution >= 0.6 is 0 Å². The van der Waals surface area contributed by atoms with Crippen LogP contribution in [0.1, 0.15) is 154 Å². The molecule has 0 saturated carbocycles. The quantitative estimate of drug-likeness (QED) is 0.281. The maximum absolute atomic E-state index is 2.35. The number of hydrogen-bond acceptors (Lipinski definition) is 0. The van der Waals surface area contributed by atoms with E-state index >= 15 is 0 Å². The molecule has 0 radical (unpaired) electrons. The smallest absolute Gasteiger partial charge is 0.0133 e. The minimum atomic E-state index is 0.793. The van der Waals surface area contributed by atoms with E-state index in [1.54, 1.807) is 33.4 Å². The molecule has 3 aliphatic carbocycles. The Labute approximate surface area is 275 Å². The van der Waals surface area contributed by atoms with Gasteiger partial charge in [0, 0.05) is 0 Å². The third kappa shape index (κ3) is 11.9. The SMILES string of the molecule is CC.CC.CC.CC(C)C1CCCc2ccccc21.CC(C)C1CCc2ccccc21.CC(C)C1CCc2ccccc2C1. The van der Waals surface area contributed by atoms with Gasteiger partial charge < -0.3 is 0 Å². The monoisotopic (exact) mass is 599 g/mol. The number of hydrogen-bond donors (Lipinski definition) is 0. The standard InChI is InChI=1S/2C13H18.C12H16.3C2H6/c1-10(2)12-9-5-7-11-6-3-4-8-13(11)12;1-10(2)12-8-7-11-5-3-4-6-13(11)9-12;1-9(2)11-8-7-10-5-3-4-6-12(10)11;3*1-2/h3-4,6,8,10,12H,5,7,9H2,1-2H3;3-6,10,12H,7-9H2,1-2H3;3-6,9,11H,7-8H2,1-2H3;3*1-2H3. The average molecular weight is 599 g/mol. The fourth-order valence-electron chi connectivity index (χ4n) is 7.06. The lowest BCUT2D eigenvalue weighted by Gasteiger charge is -2.28. The van der Waals surface area contributed by atoms with Crippen molar-refractivity contribution in [3.05, 3.63) is 106 Å². The zero-order valence-corrected chi connectivity index (χ0v) is 31.0. The third-order valence-corrected chi connectivity index (χ3v) is 9.53. The highest BCUT2D eigenvalue weighted by atomic mass is 14.3. The summed E-state index contributed by atoms with van der Waals surface area (Å²) >= 11 is 0. The first-order valence-corrected chi connectivity index (χ1v) is 18.6. The molecule has 3 unspecified atom stereocenters. The molecular weight excluding hydrogens is 528 g/mol. The summed E-state index contributed by atoms with van der Waals surface area (Å²) in [4.78, 5) is 0. The molecule has 44 heavy (non-hydrogen) atoms. The number of fused-ring (bicyclic) bond motifs is 3. The molecule has 0 bridgehead atoms. The highest BCUT2D eigenvalue weighted by molar-refractivity contribution is 5.35. The van der Waals surface area contributed by atoms with Crippen LogP contribution in [0.25, 0.3) is 0 Å².